The predicted octanol–water partition coefficient (Wildman–Crippen LogP) is -0.801. The number of ether oxygens (including phenoxy) is 13. The molecule has 26 atom stereocenters. The van der Waals surface area contributed by atoms with E-state index < -0.39 is 206 Å². The quantitative estimate of drug-likeness (QED) is 0.0285. The number of phosphoric acid groups is 1. The van der Waals surface area contributed by atoms with Crippen molar-refractivity contribution in [3.63, 3.8) is 0 Å². The molecule has 106 heavy (non-hydrogen) atoms. The molecule has 10 aliphatic heterocycles. The van der Waals surface area contributed by atoms with Gasteiger partial charge in [-0.2, -0.15) is 0 Å². The lowest BCUT2D eigenvalue weighted by molar-refractivity contribution is -0.263. The lowest BCUT2D eigenvalue weighted by atomic mass is 9.78. The second-order valence-electron chi connectivity index (χ2n) is 23.2. The first-order chi connectivity index (χ1) is 49.5. The highest BCUT2D eigenvalue weighted by molar-refractivity contribution is 7.47. The molecule has 8 unspecified atom stereocenters. The molecular formula is C50H50B6Cl6F2N15O26P. The number of alkyl halides is 2. The van der Waals surface area contributed by atoms with Gasteiger partial charge in [-0.15, -0.1) is 0 Å². The molecule has 0 amide bonds. The zero-order valence-electron chi connectivity index (χ0n) is 54.4. The molecule has 10 fully saturated rings. The Morgan fingerprint density at radius 1 is 0.509 bits per heavy atom. The maximum Gasteiger partial charge on any atom is 0.474 e. The van der Waals surface area contributed by atoms with Gasteiger partial charge in [0, 0.05) is 63.9 Å². The van der Waals surface area contributed by atoms with E-state index in [9.17, 15) is 48.9 Å². The maximum atomic E-state index is 14.3. The van der Waals surface area contributed by atoms with Gasteiger partial charge < -0.3 is 112 Å². The molecule has 41 nitrogen and oxygen atoms in total. The van der Waals surface area contributed by atoms with E-state index in [2.05, 4.69) is 84.6 Å². The number of aliphatic hydroxyl groups excluding tert-OH is 8. The van der Waals surface area contributed by atoms with Gasteiger partial charge in [0.2, 0.25) is 17.0 Å². The van der Waals surface area contributed by atoms with Gasteiger partial charge >= 0.3 is 7.82 Å². The highest BCUT2D eigenvalue weighted by Gasteiger charge is 2.75. The molecule has 10 rings (SSSR count). The van der Waals surface area contributed by atoms with Crippen molar-refractivity contribution in [1.29, 1.82) is 0 Å². The van der Waals surface area contributed by atoms with Crippen LogP contribution in [0.15, 0.2) is 25.6 Å². The molecule has 0 saturated carbocycles. The lowest BCUT2D eigenvalue weighted by Gasteiger charge is -2.31. The van der Waals surface area contributed by atoms with Gasteiger partial charge in [-0.1, -0.05) is 25.6 Å². The third kappa shape index (κ3) is 16.7. The van der Waals surface area contributed by atoms with E-state index in [1.165, 1.54) is 7.11 Å². The number of fused-ring (bicyclic) bond motifs is 4. The molecule has 10 aliphatic rings. The SMILES string of the molecule is [B][C@@H]1O[C@@](CO)(N=[N+]=[N-])C(O)[C@]1(F)C#CCl.[B][C@@H]1O[C@@](CO)(N=[N+]=[N-])C(O)[C@]1(O)C#CCl.[B][C@@H]1O[C@@](CO)(N=[N+]=[N-])C2OC(C)(C)O[C@]21C#CCl.[B][C@@H]1O[C@@](CO)(N=[N+]=[N-])C2OC(OC)O[C@]21C#CCl.[B][C@@H]1O[C@@](CO)(N=[N+]=[N-])C2OP(=O)(O)O[C@]21C#CCl.[B][C@]1(F)O[C@H](CO)C2OC(C)(C)O[C@]21C#CCl. The Balaban J connectivity index is 0.000000229. The Labute approximate surface area is 635 Å². The minimum absolute atomic E-state index is 0.460. The summed E-state index contributed by atoms with van der Waals surface area (Å²) in [7, 11) is 30.2. The summed E-state index contributed by atoms with van der Waals surface area (Å²) in [6.45, 7) is 0.977. The molecule has 56 heteroatoms. The molecule has 0 aromatic rings. The molecule has 10 heterocycles. The number of rotatable bonds is 12. The van der Waals surface area contributed by atoms with Crippen molar-refractivity contribution >= 4 is 125 Å². The summed E-state index contributed by atoms with van der Waals surface area (Å²) in [6.07, 6.45) is -9.32. The van der Waals surface area contributed by atoms with E-state index >= 15 is 0 Å². The monoisotopic (exact) mass is 1620 g/mol. The smallest absolute Gasteiger partial charge is 0.394 e. The fourth-order valence-electron chi connectivity index (χ4n) is 11.5. The van der Waals surface area contributed by atoms with Gasteiger partial charge in [-0.05, 0) is 160 Å². The largest absolute Gasteiger partial charge is 0.474 e. The zero-order chi connectivity index (χ0) is 80.4. The summed E-state index contributed by atoms with van der Waals surface area (Å²) in [6, 6.07) is -6.79. The third-order valence-electron chi connectivity index (χ3n) is 16.1. The Bertz CT molecular complexity index is 3930. The number of hydrogen-bond donors (Lipinski definition) is 10. The van der Waals surface area contributed by atoms with E-state index in [-0.39, 0.29) is 0 Å². The number of hydrogen-bond acceptors (Lipinski definition) is 30. The zero-order valence-corrected chi connectivity index (χ0v) is 59.8. The van der Waals surface area contributed by atoms with Gasteiger partial charge in [0.05, 0.1) is 69.7 Å². The number of aliphatic hydroxyl groups is 9. The van der Waals surface area contributed by atoms with E-state index in [0.717, 1.165) is 0 Å². The molecule has 0 spiro atoms. The summed E-state index contributed by atoms with van der Waals surface area (Å²) in [5.41, 5.74) is 21.0. The fraction of sp³-hybridized carbons (Fsp3) is 0.760. The van der Waals surface area contributed by atoms with Crippen LogP contribution in [-0.2, 0) is 75.2 Å². The van der Waals surface area contributed by atoms with Crippen LogP contribution in [0.1, 0.15) is 27.7 Å². The molecule has 10 N–H and O–H groups in total. The van der Waals surface area contributed by atoms with Crippen LogP contribution < -0.4 is 0 Å². The average Bonchev–Trinajstić information content (AvgIpc) is 1.56. The minimum atomic E-state index is -4.49. The second-order valence-corrected chi connectivity index (χ2v) is 25.7. The van der Waals surface area contributed by atoms with Crippen LogP contribution in [-0.4, -0.2) is 304 Å². The highest BCUT2D eigenvalue weighted by atomic mass is 35.5. The first kappa shape index (κ1) is 91.7. The Morgan fingerprint density at radius 2 is 0.906 bits per heavy atom. The predicted molar refractivity (Wildman–Crippen MR) is 356 cm³/mol. The summed E-state index contributed by atoms with van der Waals surface area (Å²) in [5, 5.41) is 113. The van der Waals surface area contributed by atoms with Gasteiger partial charge in [-0.3, -0.25) is 9.05 Å². The molecule has 0 aliphatic carbocycles. The van der Waals surface area contributed by atoms with Crippen LogP contribution >= 0.6 is 77.4 Å². The molecule has 0 aromatic carbocycles. The van der Waals surface area contributed by atoms with Gasteiger partial charge in [0.15, 0.2) is 70.4 Å². The number of methoxy groups -OCH3 is 1. The van der Waals surface area contributed by atoms with E-state index in [0.29, 0.717) is 0 Å². The van der Waals surface area contributed by atoms with Crippen molar-refractivity contribution in [1.82, 2.24) is 0 Å². The number of azide groups is 5. The van der Waals surface area contributed by atoms with Crippen LogP contribution in [0.4, 0.5) is 8.78 Å². The minimum Gasteiger partial charge on any atom is -0.394 e. The second kappa shape index (κ2) is 35.2. The molecule has 560 valence electrons. The van der Waals surface area contributed by atoms with E-state index in [1.807, 2.05) is 28.0 Å². The number of phosphoric ester groups is 1. The highest BCUT2D eigenvalue weighted by Crippen LogP contribution is 2.64. The molecule has 0 bridgehead atoms. The van der Waals surface area contributed by atoms with Crippen molar-refractivity contribution in [3.05, 3.63) is 52.2 Å². The number of halogens is 8. The normalized spacial score (nSPS) is 44.5. The maximum absolute atomic E-state index is 14.3. The van der Waals surface area contributed by atoms with Crippen LogP contribution in [0.25, 0.3) is 52.2 Å². The van der Waals surface area contributed by atoms with Crippen molar-refractivity contribution in [3.8, 4) is 67.8 Å². The van der Waals surface area contributed by atoms with Crippen LogP contribution in [0.2, 0.25) is 0 Å². The Kier molecular flexibility index (Phi) is 30.5. The molecular weight excluding hydrogens is 1570 g/mol. The molecule has 10 saturated heterocycles. The molecule has 0 aromatic heterocycles. The Morgan fingerprint density at radius 3 is 1.36 bits per heavy atom. The Hall–Kier alpha value is -4.87. The van der Waals surface area contributed by atoms with Crippen LogP contribution in [0.3, 0.4) is 0 Å². The average molecular weight is 1620 g/mol. The van der Waals surface area contributed by atoms with E-state index in [4.69, 9.17) is 230 Å². The van der Waals surface area contributed by atoms with Gasteiger partial charge in [-0.25, -0.2) is 13.3 Å². The summed E-state index contributed by atoms with van der Waals surface area (Å²) in [4.78, 5) is 21.9. The van der Waals surface area contributed by atoms with Crippen LogP contribution in [0, 0.1) is 67.8 Å². The van der Waals surface area contributed by atoms with Gasteiger partial charge in [0.1, 0.15) is 82.0 Å². The van der Waals surface area contributed by atoms with Gasteiger partial charge in [0.25, 0.3) is 6.48 Å². The first-order valence-corrected chi connectivity index (χ1v) is 32.4. The lowest BCUT2D eigenvalue weighted by Crippen LogP contribution is -2.53. The summed E-state index contributed by atoms with van der Waals surface area (Å²) in [5.74, 6) is 8.81. The topological polar surface area (TPSA) is 602 Å². The first-order valence-electron chi connectivity index (χ1n) is 28.7. The fourth-order valence-corrected chi connectivity index (χ4v) is 13.7. The summed E-state index contributed by atoms with van der Waals surface area (Å²) < 4.78 is 118. The van der Waals surface area contributed by atoms with Crippen molar-refractivity contribution in [2.75, 3.05) is 46.8 Å². The number of nitrogens with zero attached hydrogens (tertiary/aromatic N) is 15. The van der Waals surface area contributed by atoms with Crippen molar-refractivity contribution < 1.29 is 135 Å². The summed E-state index contributed by atoms with van der Waals surface area (Å²) >= 11 is 31.6. The van der Waals surface area contributed by atoms with Crippen molar-refractivity contribution in [2.24, 2.45) is 25.6 Å². The standard InChI is InChI=1S/C10H11BClFO4.C10H11BClN3O4.C9H9BClN3O5.C7H6BClFN3O3.C7H6BClN3O6P.C7H7BClN3O4/c1-8(2)16-7-6(5-14)15-10(11,13)9(7,17-8)3-4-12;1-8(2)17-6-9(19-8,3-4-12)7(11)18-10(6,5-16)14-15-13;1-16-7-17-5-8(19-7,2-3-11)6(10)18-9(5,4-15)13-14-12;8-5-6(10,1-2-9)4(15)7(3-14,16-5)12-13-11;8-5-6(1-2-9)4(17-19(14,15)18-6)7(3-13,16-5)11-12-10;8-5-6(15,1-2-9)4(14)7(3-13,16-5)11-12-10/h6-7,14H,5H2,1-2H3;6-7,16H,5H2,1-2H3;5-7,15H,4H2,1H3;4-5,14-15H,3H2;4-5,13H,3H2,(H,14,15);4-5,13-15H,3H2/t6-,7?,9-,10-;6?,7-,9-,10-;5?,6-,7?,8-,9-;3*4?,5-,6-,7-/m111111/s1. The van der Waals surface area contributed by atoms with Crippen molar-refractivity contribution in [2.45, 2.75) is 187 Å². The molecule has 12 radical (unpaired) electrons. The third-order valence-corrected chi connectivity index (χ3v) is 17.7. The van der Waals surface area contributed by atoms with E-state index in [1.54, 1.807) is 33.1 Å². The van der Waals surface area contributed by atoms with Crippen LogP contribution in [0.5, 0.6) is 0 Å².